The van der Waals surface area contributed by atoms with E-state index in [1.807, 2.05) is 10.9 Å². The SMILES string of the molecule is O=C(CC1CCCNC1)Nc1cnn(CC2CCCO2)c1. The lowest BCUT2D eigenvalue weighted by atomic mass is 9.96. The van der Waals surface area contributed by atoms with E-state index >= 15 is 0 Å². The topological polar surface area (TPSA) is 68.2 Å². The van der Waals surface area contributed by atoms with E-state index in [0.717, 1.165) is 57.6 Å². The van der Waals surface area contributed by atoms with Gasteiger partial charge in [0.1, 0.15) is 0 Å². The van der Waals surface area contributed by atoms with Crippen LogP contribution in [0.4, 0.5) is 5.69 Å². The Morgan fingerprint density at radius 3 is 3.19 bits per heavy atom. The van der Waals surface area contributed by atoms with Gasteiger partial charge in [-0.05, 0) is 44.7 Å². The van der Waals surface area contributed by atoms with Gasteiger partial charge in [-0.25, -0.2) is 0 Å². The zero-order valence-corrected chi connectivity index (χ0v) is 12.4. The second-order valence-corrected chi connectivity index (χ2v) is 6.05. The standard InChI is InChI=1S/C15H24N4O2/c20-15(7-12-3-1-5-16-8-12)18-13-9-17-19(10-13)11-14-4-2-6-21-14/h9-10,12,14,16H,1-8,11H2,(H,18,20). The predicted molar refractivity (Wildman–Crippen MR) is 80.0 cm³/mol. The molecule has 2 fully saturated rings. The summed E-state index contributed by atoms with van der Waals surface area (Å²) < 4.78 is 7.45. The van der Waals surface area contributed by atoms with Crippen LogP contribution in [0.3, 0.4) is 0 Å². The fourth-order valence-electron chi connectivity index (χ4n) is 3.10. The van der Waals surface area contributed by atoms with Crippen LogP contribution in [0.2, 0.25) is 0 Å². The average Bonchev–Trinajstić information content (AvgIpc) is 3.13. The molecule has 2 N–H and O–H groups in total. The lowest BCUT2D eigenvalue weighted by molar-refractivity contribution is -0.117. The number of rotatable bonds is 5. The number of amides is 1. The Morgan fingerprint density at radius 1 is 1.48 bits per heavy atom. The number of piperidine rings is 1. The Labute approximate surface area is 125 Å². The van der Waals surface area contributed by atoms with Gasteiger partial charge in [-0.1, -0.05) is 0 Å². The Balaban J connectivity index is 1.45. The molecule has 2 unspecified atom stereocenters. The largest absolute Gasteiger partial charge is 0.376 e. The van der Waals surface area contributed by atoms with Crippen molar-refractivity contribution in [3.63, 3.8) is 0 Å². The van der Waals surface area contributed by atoms with Crippen molar-refractivity contribution in [3.05, 3.63) is 12.4 Å². The van der Waals surface area contributed by atoms with Crippen molar-refractivity contribution in [1.29, 1.82) is 0 Å². The molecule has 3 rings (SSSR count). The number of carbonyl (C=O) groups excluding carboxylic acids is 1. The molecular formula is C15H24N4O2. The molecule has 2 aliphatic rings. The van der Waals surface area contributed by atoms with E-state index in [1.54, 1.807) is 6.20 Å². The summed E-state index contributed by atoms with van der Waals surface area (Å²) >= 11 is 0. The van der Waals surface area contributed by atoms with E-state index in [-0.39, 0.29) is 12.0 Å². The fraction of sp³-hybridized carbons (Fsp3) is 0.733. The summed E-state index contributed by atoms with van der Waals surface area (Å²) in [5, 5.41) is 10.6. The van der Waals surface area contributed by atoms with Gasteiger partial charge in [-0.3, -0.25) is 9.48 Å². The summed E-state index contributed by atoms with van der Waals surface area (Å²) in [5.74, 6) is 0.543. The van der Waals surface area contributed by atoms with Crippen molar-refractivity contribution in [1.82, 2.24) is 15.1 Å². The van der Waals surface area contributed by atoms with Crippen LogP contribution in [-0.4, -0.2) is 41.5 Å². The van der Waals surface area contributed by atoms with Crippen LogP contribution < -0.4 is 10.6 Å². The molecule has 6 nitrogen and oxygen atoms in total. The van der Waals surface area contributed by atoms with E-state index in [4.69, 9.17) is 4.74 Å². The van der Waals surface area contributed by atoms with Gasteiger partial charge in [0.25, 0.3) is 0 Å². The van der Waals surface area contributed by atoms with Crippen molar-refractivity contribution >= 4 is 11.6 Å². The highest BCUT2D eigenvalue weighted by Gasteiger charge is 2.18. The maximum atomic E-state index is 12.0. The highest BCUT2D eigenvalue weighted by atomic mass is 16.5. The zero-order chi connectivity index (χ0) is 14.5. The number of carbonyl (C=O) groups is 1. The van der Waals surface area contributed by atoms with Crippen LogP contribution in [0.25, 0.3) is 0 Å². The maximum Gasteiger partial charge on any atom is 0.224 e. The minimum Gasteiger partial charge on any atom is -0.376 e. The maximum absolute atomic E-state index is 12.0. The average molecular weight is 292 g/mol. The molecule has 0 aromatic carbocycles. The van der Waals surface area contributed by atoms with E-state index in [0.29, 0.717) is 12.3 Å². The summed E-state index contributed by atoms with van der Waals surface area (Å²) in [7, 11) is 0. The summed E-state index contributed by atoms with van der Waals surface area (Å²) in [6.45, 7) is 3.65. The first-order chi connectivity index (χ1) is 10.3. The molecule has 0 spiro atoms. The quantitative estimate of drug-likeness (QED) is 0.860. The van der Waals surface area contributed by atoms with Crippen LogP contribution in [0.15, 0.2) is 12.4 Å². The third-order valence-corrected chi connectivity index (χ3v) is 4.20. The summed E-state index contributed by atoms with van der Waals surface area (Å²) in [6.07, 6.45) is 8.98. The monoisotopic (exact) mass is 292 g/mol. The third kappa shape index (κ3) is 4.28. The van der Waals surface area contributed by atoms with Gasteiger partial charge in [0.15, 0.2) is 0 Å². The van der Waals surface area contributed by atoms with Crippen LogP contribution in [0.1, 0.15) is 32.1 Å². The zero-order valence-electron chi connectivity index (χ0n) is 12.4. The van der Waals surface area contributed by atoms with Crippen molar-refractivity contribution < 1.29 is 9.53 Å². The Hall–Kier alpha value is -1.40. The Morgan fingerprint density at radius 2 is 2.43 bits per heavy atom. The summed E-state index contributed by atoms with van der Waals surface area (Å²) in [4.78, 5) is 12.0. The van der Waals surface area contributed by atoms with Gasteiger partial charge in [0.2, 0.25) is 5.91 Å². The molecule has 0 saturated carbocycles. The third-order valence-electron chi connectivity index (χ3n) is 4.20. The Bertz CT molecular complexity index is 462. The van der Waals surface area contributed by atoms with Gasteiger partial charge >= 0.3 is 0 Å². The first-order valence-electron chi connectivity index (χ1n) is 7.94. The number of anilines is 1. The molecule has 1 aromatic rings. The molecule has 2 aliphatic heterocycles. The van der Waals surface area contributed by atoms with Crippen LogP contribution in [0, 0.1) is 5.92 Å². The van der Waals surface area contributed by atoms with Crippen molar-refractivity contribution in [2.75, 3.05) is 25.0 Å². The lowest BCUT2D eigenvalue weighted by Gasteiger charge is -2.21. The number of aromatic nitrogens is 2. The van der Waals surface area contributed by atoms with Crippen molar-refractivity contribution in [2.45, 2.75) is 44.8 Å². The molecule has 116 valence electrons. The second-order valence-electron chi connectivity index (χ2n) is 6.05. The van der Waals surface area contributed by atoms with Crippen molar-refractivity contribution in [3.8, 4) is 0 Å². The fourth-order valence-corrected chi connectivity index (χ4v) is 3.10. The highest BCUT2D eigenvalue weighted by Crippen LogP contribution is 2.17. The molecular weight excluding hydrogens is 268 g/mol. The number of hydrogen-bond donors (Lipinski definition) is 2. The number of hydrogen-bond acceptors (Lipinski definition) is 4. The van der Waals surface area contributed by atoms with E-state index in [1.165, 1.54) is 0 Å². The molecule has 2 saturated heterocycles. The molecule has 1 aromatic heterocycles. The van der Waals surface area contributed by atoms with Gasteiger partial charge in [0.05, 0.1) is 24.5 Å². The first kappa shape index (κ1) is 14.5. The lowest BCUT2D eigenvalue weighted by Crippen LogP contribution is -2.32. The van der Waals surface area contributed by atoms with E-state index < -0.39 is 0 Å². The normalized spacial score (nSPS) is 25.9. The van der Waals surface area contributed by atoms with Crippen LogP contribution in [-0.2, 0) is 16.1 Å². The molecule has 3 heterocycles. The second kappa shape index (κ2) is 7.04. The minimum absolute atomic E-state index is 0.0837. The number of nitrogens with zero attached hydrogens (tertiary/aromatic N) is 2. The van der Waals surface area contributed by atoms with Crippen LogP contribution >= 0.6 is 0 Å². The summed E-state index contributed by atoms with van der Waals surface area (Å²) in [5.41, 5.74) is 0.779. The van der Waals surface area contributed by atoms with Crippen molar-refractivity contribution in [2.24, 2.45) is 5.92 Å². The molecule has 21 heavy (non-hydrogen) atoms. The van der Waals surface area contributed by atoms with E-state index in [9.17, 15) is 4.79 Å². The van der Waals surface area contributed by atoms with Gasteiger partial charge < -0.3 is 15.4 Å². The Kier molecular flexibility index (Phi) is 4.87. The predicted octanol–water partition coefficient (Wildman–Crippen LogP) is 1.39. The molecule has 0 aliphatic carbocycles. The van der Waals surface area contributed by atoms with Gasteiger partial charge in [-0.2, -0.15) is 5.10 Å². The smallest absolute Gasteiger partial charge is 0.224 e. The number of nitrogens with one attached hydrogen (secondary N) is 2. The molecule has 0 radical (unpaired) electrons. The molecule has 6 heteroatoms. The van der Waals surface area contributed by atoms with Crippen LogP contribution in [0.5, 0.6) is 0 Å². The summed E-state index contributed by atoms with van der Waals surface area (Å²) in [6, 6.07) is 0. The van der Waals surface area contributed by atoms with E-state index in [2.05, 4.69) is 15.7 Å². The van der Waals surface area contributed by atoms with Gasteiger partial charge in [-0.15, -0.1) is 0 Å². The van der Waals surface area contributed by atoms with Gasteiger partial charge in [0, 0.05) is 19.2 Å². The molecule has 2 atom stereocenters. The molecule has 1 amide bonds. The first-order valence-corrected chi connectivity index (χ1v) is 7.94. The molecule has 0 bridgehead atoms. The number of ether oxygens (including phenoxy) is 1. The highest BCUT2D eigenvalue weighted by molar-refractivity contribution is 5.90. The minimum atomic E-state index is 0.0837.